The van der Waals surface area contributed by atoms with Gasteiger partial charge in [-0.05, 0) is 61.0 Å². The minimum atomic E-state index is -4.93. The number of benzene rings is 2. The van der Waals surface area contributed by atoms with Crippen LogP contribution in [-0.4, -0.2) is 55.4 Å². The van der Waals surface area contributed by atoms with Crippen LogP contribution in [0.5, 0.6) is 0 Å². The number of ether oxygens (including phenoxy) is 1. The Labute approximate surface area is 246 Å². The molecule has 1 spiro atoms. The van der Waals surface area contributed by atoms with Crippen LogP contribution in [0.4, 0.5) is 26.3 Å². The molecule has 4 nitrogen and oxygen atoms in total. The fourth-order valence-corrected chi connectivity index (χ4v) is 7.04. The lowest BCUT2D eigenvalue weighted by Gasteiger charge is -2.41. The van der Waals surface area contributed by atoms with Crippen molar-refractivity contribution in [1.29, 1.82) is 0 Å². The molecule has 0 bridgehead atoms. The molecule has 228 valence electrons. The van der Waals surface area contributed by atoms with Gasteiger partial charge in [-0.15, -0.1) is 0 Å². The number of piperidine rings is 1. The molecular weight excluding hydrogens is 570 g/mol. The number of rotatable bonds is 5. The number of hydrogen-bond acceptors (Lipinski definition) is 3. The Hall–Kier alpha value is -3.37. The lowest BCUT2D eigenvalue weighted by Crippen LogP contribution is -2.48. The van der Waals surface area contributed by atoms with E-state index in [2.05, 4.69) is 40.6 Å². The number of likely N-dealkylation sites (tertiary alicyclic amines) is 1. The standard InChI is InChI=1S/C33H32F6N2O2/c34-32(35,36)25-16-22(17-26(18-25)33(37,38)39)20-40-29(42)31(24-7-2-1-3-8-24)19-27(21-43-31)41-14-12-30(13-15-41)11-10-23-6-4-5-9-28(23)30/h1-11,16,18,22,27H,12-15,17,19-21H2,(H,40,42). The predicted molar refractivity (Wildman–Crippen MR) is 150 cm³/mol. The highest BCUT2D eigenvalue weighted by Crippen LogP contribution is 2.46. The molecule has 2 fully saturated rings. The molecule has 0 saturated carbocycles. The number of hydrogen-bond donors (Lipinski definition) is 1. The van der Waals surface area contributed by atoms with Gasteiger partial charge in [0.05, 0.1) is 12.2 Å². The molecule has 3 atom stereocenters. The maximum Gasteiger partial charge on any atom is 0.416 e. The summed E-state index contributed by atoms with van der Waals surface area (Å²) in [5.74, 6) is -1.74. The molecule has 2 saturated heterocycles. The SMILES string of the molecule is O=C(NCC1C=C(C(F)(F)F)C=C(C(F)(F)F)C1)C1(c2ccccc2)CC(N2CCC3(C=Cc4ccccc43)CC2)CO1. The van der Waals surface area contributed by atoms with E-state index in [0.29, 0.717) is 12.0 Å². The van der Waals surface area contributed by atoms with Gasteiger partial charge in [0, 0.05) is 30.0 Å². The van der Waals surface area contributed by atoms with E-state index in [-0.39, 0.29) is 30.7 Å². The van der Waals surface area contributed by atoms with Crippen LogP contribution >= 0.6 is 0 Å². The third kappa shape index (κ3) is 5.67. The average Bonchev–Trinajstić information content (AvgIpc) is 3.60. The van der Waals surface area contributed by atoms with Crippen LogP contribution in [0.25, 0.3) is 6.08 Å². The first-order chi connectivity index (χ1) is 20.4. The van der Waals surface area contributed by atoms with E-state index in [4.69, 9.17) is 4.74 Å². The molecule has 3 unspecified atom stereocenters. The molecule has 2 aromatic carbocycles. The zero-order valence-electron chi connectivity index (χ0n) is 23.3. The smallest absolute Gasteiger partial charge is 0.359 e. The maximum atomic E-state index is 13.8. The summed E-state index contributed by atoms with van der Waals surface area (Å²) in [5, 5.41) is 2.65. The molecular formula is C33H32F6N2O2. The van der Waals surface area contributed by atoms with E-state index in [1.54, 1.807) is 30.3 Å². The topological polar surface area (TPSA) is 41.6 Å². The molecule has 0 radical (unpaired) electrons. The quantitative estimate of drug-likeness (QED) is 0.381. The van der Waals surface area contributed by atoms with Crippen LogP contribution in [0.1, 0.15) is 42.4 Å². The zero-order chi connectivity index (χ0) is 30.5. The summed E-state index contributed by atoms with van der Waals surface area (Å²) in [7, 11) is 0. The summed E-state index contributed by atoms with van der Waals surface area (Å²) in [4.78, 5) is 16.1. The highest BCUT2D eigenvalue weighted by atomic mass is 19.4. The molecule has 0 aromatic heterocycles. The largest absolute Gasteiger partial charge is 0.416 e. The summed E-state index contributed by atoms with van der Waals surface area (Å²) in [5.41, 5.74) is -0.858. The molecule has 43 heavy (non-hydrogen) atoms. The van der Waals surface area contributed by atoms with Crippen molar-refractivity contribution in [3.63, 3.8) is 0 Å². The van der Waals surface area contributed by atoms with Gasteiger partial charge >= 0.3 is 12.4 Å². The number of nitrogens with one attached hydrogen (secondary N) is 1. The minimum absolute atomic E-state index is 0.00700. The Balaban J connectivity index is 1.17. The van der Waals surface area contributed by atoms with Crippen LogP contribution in [0.15, 0.2) is 84.0 Å². The molecule has 10 heteroatoms. The summed E-state index contributed by atoms with van der Waals surface area (Å²) < 4.78 is 86.7. The van der Waals surface area contributed by atoms with E-state index in [1.807, 2.05) is 6.07 Å². The van der Waals surface area contributed by atoms with Crippen LogP contribution in [0.3, 0.4) is 0 Å². The first-order valence-corrected chi connectivity index (χ1v) is 14.5. The molecule has 1 N–H and O–H groups in total. The maximum absolute atomic E-state index is 13.8. The third-order valence-electron chi connectivity index (χ3n) is 9.38. The highest BCUT2D eigenvalue weighted by Gasteiger charge is 2.51. The van der Waals surface area contributed by atoms with Crippen LogP contribution < -0.4 is 5.32 Å². The molecule has 2 aliphatic heterocycles. The van der Waals surface area contributed by atoms with Crippen molar-refractivity contribution in [2.45, 2.75) is 55.1 Å². The van der Waals surface area contributed by atoms with Crippen LogP contribution in [0.2, 0.25) is 0 Å². The zero-order valence-corrected chi connectivity index (χ0v) is 23.3. The van der Waals surface area contributed by atoms with E-state index >= 15 is 0 Å². The van der Waals surface area contributed by atoms with Crippen molar-refractivity contribution >= 4 is 12.0 Å². The normalized spacial score (nSPS) is 27.1. The predicted octanol–water partition coefficient (Wildman–Crippen LogP) is 6.84. The lowest BCUT2D eigenvalue weighted by atomic mass is 9.74. The second kappa shape index (κ2) is 11.0. The number of nitrogens with zero attached hydrogens (tertiary/aromatic N) is 1. The molecule has 2 heterocycles. The molecule has 1 amide bonds. The first kappa shape index (κ1) is 29.7. The van der Waals surface area contributed by atoms with Gasteiger partial charge in [-0.2, -0.15) is 26.3 Å². The van der Waals surface area contributed by atoms with E-state index in [0.717, 1.165) is 32.0 Å². The average molecular weight is 603 g/mol. The highest BCUT2D eigenvalue weighted by molar-refractivity contribution is 5.87. The first-order valence-electron chi connectivity index (χ1n) is 14.5. The van der Waals surface area contributed by atoms with Crippen LogP contribution in [0, 0.1) is 5.92 Å². The van der Waals surface area contributed by atoms with Crippen molar-refractivity contribution in [1.82, 2.24) is 10.2 Å². The number of allylic oxidation sites excluding steroid dienone is 4. The number of amides is 1. The monoisotopic (exact) mass is 602 g/mol. The van der Waals surface area contributed by atoms with Gasteiger partial charge in [0.1, 0.15) is 0 Å². The van der Waals surface area contributed by atoms with Crippen LogP contribution in [-0.2, 0) is 20.5 Å². The van der Waals surface area contributed by atoms with Crippen molar-refractivity contribution < 1.29 is 35.9 Å². The number of alkyl halides is 6. The minimum Gasteiger partial charge on any atom is -0.359 e. The molecule has 2 aliphatic carbocycles. The van der Waals surface area contributed by atoms with Crippen molar-refractivity contribution in [3.05, 3.63) is 101 Å². The summed E-state index contributed by atoms with van der Waals surface area (Å²) in [6.45, 7) is 1.51. The van der Waals surface area contributed by atoms with Gasteiger partial charge in [-0.25, -0.2) is 0 Å². The summed E-state index contributed by atoms with van der Waals surface area (Å²) in [6, 6.07) is 17.2. The Morgan fingerprint density at radius 3 is 2.35 bits per heavy atom. The second-order valence-electron chi connectivity index (χ2n) is 11.9. The summed E-state index contributed by atoms with van der Waals surface area (Å²) >= 11 is 0. The van der Waals surface area contributed by atoms with E-state index in [9.17, 15) is 31.1 Å². The number of fused-ring (bicyclic) bond motifs is 2. The summed E-state index contributed by atoms with van der Waals surface area (Å²) in [6.07, 6.45) is -2.93. The second-order valence-corrected chi connectivity index (χ2v) is 11.9. The fraction of sp³-hybridized carbons (Fsp3) is 0.424. The number of carbonyl (C=O) groups excluding carboxylic acids is 1. The Bertz CT molecular complexity index is 1450. The molecule has 2 aromatic rings. The van der Waals surface area contributed by atoms with Gasteiger partial charge in [-0.1, -0.05) is 72.8 Å². The fourth-order valence-electron chi connectivity index (χ4n) is 7.04. The molecule has 4 aliphatic rings. The molecule has 6 rings (SSSR count). The van der Waals surface area contributed by atoms with Gasteiger partial charge in [0.25, 0.3) is 5.91 Å². The van der Waals surface area contributed by atoms with Gasteiger partial charge in [0.2, 0.25) is 0 Å². The van der Waals surface area contributed by atoms with Crippen molar-refractivity contribution in [2.24, 2.45) is 5.92 Å². The Morgan fingerprint density at radius 1 is 0.953 bits per heavy atom. The Kier molecular flexibility index (Phi) is 7.57. The van der Waals surface area contributed by atoms with Gasteiger partial charge in [-0.3, -0.25) is 9.69 Å². The van der Waals surface area contributed by atoms with Gasteiger partial charge < -0.3 is 10.1 Å². The van der Waals surface area contributed by atoms with Crippen molar-refractivity contribution in [3.8, 4) is 0 Å². The number of halogens is 6. The van der Waals surface area contributed by atoms with Gasteiger partial charge in [0.15, 0.2) is 5.60 Å². The number of carbonyl (C=O) groups is 1. The third-order valence-corrected chi connectivity index (χ3v) is 9.38. The van der Waals surface area contributed by atoms with E-state index in [1.165, 1.54) is 11.1 Å². The van der Waals surface area contributed by atoms with E-state index < -0.39 is 47.3 Å². The van der Waals surface area contributed by atoms with Crippen molar-refractivity contribution in [2.75, 3.05) is 26.2 Å². The lowest BCUT2D eigenvalue weighted by molar-refractivity contribution is -0.142. The Morgan fingerprint density at radius 2 is 1.65 bits per heavy atom.